The van der Waals surface area contributed by atoms with E-state index in [1.54, 1.807) is 0 Å². The maximum absolute atomic E-state index is 7.40. The molecule has 2 fully saturated rings. The number of hydrogen-bond donors (Lipinski definition) is 0. The van der Waals surface area contributed by atoms with Crippen LogP contribution in [0.2, 0.25) is 23.2 Å². The number of rotatable bonds is 8. The third-order valence-electron chi connectivity index (χ3n) is 6.77. The molecule has 0 aromatic carbocycles. The fourth-order valence-electron chi connectivity index (χ4n) is 4.93. The van der Waals surface area contributed by atoms with Gasteiger partial charge in [-0.15, -0.1) is 33.2 Å². The average Bonchev–Trinajstić information content (AvgIpc) is 2.70. The Morgan fingerprint density at radius 1 is 0.654 bits per heavy atom. The second-order valence-corrected chi connectivity index (χ2v) is 19.5. The molecule has 0 aromatic rings. The molecule has 0 spiro atoms. The topological polar surface area (TPSA) is 0 Å². The normalized spacial score (nSPS) is 24.3. The maximum Gasteiger partial charge on any atom is 0.236 e. The number of halogens is 2. The van der Waals surface area contributed by atoms with E-state index in [9.17, 15) is 0 Å². The second kappa shape index (κ2) is 11.5. The largest absolute Gasteiger partial charge is 0.236 e. The Kier molecular flexibility index (Phi) is 10.2. The first kappa shape index (κ1) is 22.9. The van der Waals surface area contributed by atoms with Crippen LogP contribution in [0.25, 0.3) is 0 Å². The third kappa shape index (κ3) is 6.58. The van der Waals surface area contributed by atoms with Gasteiger partial charge in [0.15, 0.2) is 0 Å². The summed E-state index contributed by atoms with van der Waals surface area (Å²) in [5.41, 5.74) is 9.09. The maximum atomic E-state index is 7.40. The van der Waals surface area contributed by atoms with Gasteiger partial charge in [0.2, 0.25) is 14.8 Å². The van der Waals surface area contributed by atoms with Gasteiger partial charge in [-0.1, -0.05) is 104 Å². The predicted molar refractivity (Wildman–Crippen MR) is 124 cm³/mol. The average molecular weight is 432 g/mol. The Balaban J connectivity index is 2.22. The fraction of sp³-hybridized carbons (Fsp3) is 0.909. The van der Waals surface area contributed by atoms with Crippen molar-refractivity contribution < 1.29 is 0 Å². The zero-order chi connectivity index (χ0) is 18.9. The highest BCUT2D eigenvalue weighted by atomic mass is 35.6. The summed E-state index contributed by atoms with van der Waals surface area (Å²) in [4.78, 5) is 0. The van der Waals surface area contributed by atoms with E-state index in [0.29, 0.717) is 11.1 Å². The van der Waals surface area contributed by atoms with Crippen LogP contribution in [-0.4, -0.2) is 14.8 Å². The minimum Gasteiger partial charge on any atom is -0.150 e. The van der Waals surface area contributed by atoms with Crippen LogP contribution in [0, 0.1) is 11.1 Å². The molecule has 0 bridgehead atoms. The van der Waals surface area contributed by atoms with Gasteiger partial charge < -0.3 is 0 Å². The molecule has 0 radical (unpaired) electrons. The van der Waals surface area contributed by atoms with Gasteiger partial charge in [-0.2, -0.15) is 0 Å². The Morgan fingerprint density at radius 3 is 1.31 bits per heavy atom. The van der Waals surface area contributed by atoms with Crippen molar-refractivity contribution in [3.8, 4) is 11.1 Å². The van der Waals surface area contributed by atoms with E-state index in [4.69, 9.17) is 22.2 Å². The lowest BCUT2D eigenvalue weighted by Crippen LogP contribution is -2.38. The fourth-order valence-corrected chi connectivity index (χ4v) is 15.4. The molecule has 26 heavy (non-hydrogen) atoms. The van der Waals surface area contributed by atoms with Gasteiger partial charge in [0.1, 0.15) is 0 Å². The summed E-state index contributed by atoms with van der Waals surface area (Å²) in [6, 6.07) is 2.37. The molecule has 2 atom stereocenters. The molecule has 150 valence electrons. The summed E-state index contributed by atoms with van der Waals surface area (Å²) in [5.74, 6) is 0. The molecule has 0 aliphatic heterocycles. The smallest absolute Gasteiger partial charge is 0.150 e. The van der Waals surface area contributed by atoms with Gasteiger partial charge in [-0.3, -0.25) is 0 Å². The summed E-state index contributed by atoms with van der Waals surface area (Å²) in [6.45, 7) is 4.56. The number of hydrogen-bond acceptors (Lipinski definition) is 0. The Bertz CT molecular complexity index is 420. The molecule has 2 rings (SSSR count). The van der Waals surface area contributed by atoms with Gasteiger partial charge in [0.25, 0.3) is 0 Å². The van der Waals surface area contributed by atoms with Gasteiger partial charge in [-0.05, 0) is 23.2 Å². The van der Waals surface area contributed by atoms with Crippen LogP contribution in [0.15, 0.2) is 0 Å². The Hall–Kier alpha value is 0.574. The van der Waals surface area contributed by atoms with Crippen LogP contribution < -0.4 is 0 Å². The summed E-state index contributed by atoms with van der Waals surface area (Å²) in [6.07, 6.45) is 18.5. The highest BCUT2D eigenvalue weighted by molar-refractivity contribution is 7.29. The van der Waals surface area contributed by atoms with E-state index < -0.39 is 14.8 Å². The molecule has 4 heteroatoms. The van der Waals surface area contributed by atoms with Crippen molar-refractivity contribution in [1.29, 1.82) is 0 Å². The lowest BCUT2D eigenvalue weighted by Gasteiger charge is -2.34. The second-order valence-electron chi connectivity index (χ2n) is 8.85. The molecule has 0 heterocycles. The van der Waals surface area contributed by atoms with E-state index in [1.807, 2.05) is 0 Å². The molecule has 0 N–H and O–H groups in total. The van der Waals surface area contributed by atoms with Gasteiger partial charge in [0.05, 0.1) is 0 Å². The third-order valence-corrected chi connectivity index (χ3v) is 17.6. The van der Waals surface area contributed by atoms with Crippen molar-refractivity contribution in [3.05, 3.63) is 0 Å². The van der Waals surface area contributed by atoms with Crippen molar-refractivity contribution in [1.82, 2.24) is 0 Å². The zero-order valence-corrected chi connectivity index (χ0v) is 20.7. The minimum atomic E-state index is -2.02. The van der Waals surface area contributed by atoms with Gasteiger partial charge in [-0.25, -0.2) is 0 Å². The summed E-state index contributed by atoms with van der Waals surface area (Å²) in [7, 11) is -4.04. The monoisotopic (exact) mass is 430 g/mol. The molecular formula is C22H40Cl2Si2. The van der Waals surface area contributed by atoms with E-state index in [-0.39, 0.29) is 0 Å². The standard InChI is InChI=1S/C22H40Cl2Si2/c1-3-5-17-25(23,21-13-9-7-10-14-21)19-20-26(24,18-6-4-2)22-15-11-8-12-16-22/h21-22H,3-18H2,1-2H3. The molecule has 2 aliphatic carbocycles. The van der Waals surface area contributed by atoms with Crippen molar-refractivity contribution >= 4 is 36.9 Å². The molecule has 0 amide bonds. The van der Waals surface area contributed by atoms with Crippen LogP contribution in [-0.2, 0) is 0 Å². The molecule has 0 saturated heterocycles. The molecular weight excluding hydrogens is 391 g/mol. The summed E-state index contributed by atoms with van der Waals surface area (Å²) >= 11 is 14.8. The Labute approximate surface area is 174 Å². The molecule has 0 aromatic heterocycles. The van der Waals surface area contributed by atoms with Crippen LogP contribution in [0.1, 0.15) is 104 Å². The van der Waals surface area contributed by atoms with Crippen molar-refractivity contribution in [3.63, 3.8) is 0 Å². The zero-order valence-electron chi connectivity index (χ0n) is 17.2. The van der Waals surface area contributed by atoms with E-state index in [2.05, 4.69) is 24.9 Å². The lowest BCUT2D eigenvalue weighted by molar-refractivity contribution is 0.494. The molecule has 2 unspecified atom stereocenters. The minimum absolute atomic E-state index is 0.712. The molecule has 2 aliphatic rings. The first-order chi connectivity index (χ1) is 12.5. The van der Waals surface area contributed by atoms with Crippen LogP contribution in [0.5, 0.6) is 0 Å². The predicted octanol–water partition coefficient (Wildman–Crippen LogP) is 8.71. The van der Waals surface area contributed by atoms with E-state index in [1.165, 1.54) is 102 Å². The van der Waals surface area contributed by atoms with Crippen molar-refractivity contribution in [2.45, 2.75) is 127 Å². The summed E-state index contributed by atoms with van der Waals surface area (Å²) < 4.78 is 0. The quantitative estimate of drug-likeness (QED) is 0.205. The van der Waals surface area contributed by atoms with E-state index >= 15 is 0 Å². The lowest BCUT2D eigenvalue weighted by atomic mass is 10.0. The highest BCUT2D eigenvalue weighted by Gasteiger charge is 2.42. The van der Waals surface area contributed by atoms with E-state index in [0.717, 1.165) is 0 Å². The van der Waals surface area contributed by atoms with Crippen LogP contribution >= 0.6 is 22.2 Å². The number of unbranched alkanes of at least 4 members (excludes halogenated alkanes) is 2. The van der Waals surface area contributed by atoms with Crippen molar-refractivity contribution in [2.75, 3.05) is 0 Å². The SMILES string of the molecule is CCCC[Si](Cl)(C#C[Si](Cl)(CCCC)C1CCCCC1)C1CCCCC1. The molecule has 0 nitrogen and oxygen atoms in total. The highest BCUT2D eigenvalue weighted by Crippen LogP contribution is 2.44. The molecule has 2 saturated carbocycles. The van der Waals surface area contributed by atoms with Crippen LogP contribution in [0.3, 0.4) is 0 Å². The first-order valence-corrected chi connectivity index (χ1v) is 18.1. The van der Waals surface area contributed by atoms with Gasteiger partial charge in [0, 0.05) is 0 Å². The van der Waals surface area contributed by atoms with Crippen molar-refractivity contribution in [2.24, 2.45) is 0 Å². The Morgan fingerprint density at radius 2 is 1.00 bits per heavy atom. The first-order valence-electron chi connectivity index (χ1n) is 11.5. The summed E-state index contributed by atoms with van der Waals surface area (Å²) in [5, 5.41) is 0. The van der Waals surface area contributed by atoms with Gasteiger partial charge >= 0.3 is 0 Å². The van der Waals surface area contributed by atoms with Crippen LogP contribution in [0.4, 0.5) is 0 Å².